The second-order valence-electron chi connectivity index (χ2n) is 7.42. The Hall–Kier alpha value is -3.27. The lowest BCUT2D eigenvalue weighted by Gasteiger charge is -2.24. The third kappa shape index (κ3) is 6.40. The number of nitrogens with two attached hydrogens (primary N) is 1. The van der Waals surface area contributed by atoms with Gasteiger partial charge in [-0.15, -0.1) is 0 Å². The van der Waals surface area contributed by atoms with Crippen LogP contribution in [0.25, 0.3) is 0 Å². The van der Waals surface area contributed by atoms with Crippen molar-refractivity contribution in [3.63, 3.8) is 0 Å². The highest BCUT2D eigenvalue weighted by atomic mass is 35.5. The number of hydrogen-bond donors (Lipinski definition) is 4. The molecule has 1 heterocycles. The average molecular weight is 506 g/mol. The maximum Gasteiger partial charge on any atom is 0.280 e. The van der Waals surface area contributed by atoms with Gasteiger partial charge in [0.05, 0.1) is 33.1 Å². The number of carbonyl (C=O) groups excluding carboxylic acids is 3. The van der Waals surface area contributed by atoms with Gasteiger partial charge in [0.15, 0.2) is 0 Å². The zero-order valence-corrected chi connectivity index (χ0v) is 19.4. The van der Waals surface area contributed by atoms with E-state index in [0.717, 1.165) is 25.4 Å². The second-order valence-corrected chi connectivity index (χ2v) is 8.23. The van der Waals surface area contributed by atoms with Gasteiger partial charge in [0.25, 0.3) is 17.7 Å². The van der Waals surface area contributed by atoms with Crippen molar-refractivity contribution in [2.45, 2.75) is 18.9 Å². The third-order valence-corrected chi connectivity index (χ3v) is 5.69. The van der Waals surface area contributed by atoms with Crippen LogP contribution in [0.2, 0.25) is 10.0 Å². The minimum absolute atomic E-state index is 0.0559. The number of piperidine rings is 1. The van der Waals surface area contributed by atoms with Crippen molar-refractivity contribution >= 4 is 47.1 Å². The van der Waals surface area contributed by atoms with Gasteiger partial charge in [-0.3, -0.25) is 14.4 Å². The number of halogens is 3. The summed E-state index contributed by atoms with van der Waals surface area (Å²) in [4.78, 5) is 41.7. The molecule has 1 aliphatic heterocycles. The predicted octanol–water partition coefficient (Wildman–Crippen LogP) is 2.81. The van der Waals surface area contributed by atoms with Crippen molar-refractivity contribution in [1.29, 1.82) is 0 Å². The summed E-state index contributed by atoms with van der Waals surface area (Å²) in [6.45, 7) is 1.47. The molecular formula is C23H22Cl2FN5O3. The Morgan fingerprint density at radius 3 is 2.35 bits per heavy atom. The molecule has 0 spiro atoms. The van der Waals surface area contributed by atoms with Crippen molar-refractivity contribution in [3.05, 3.63) is 80.8 Å². The highest BCUT2D eigenvalue weighted by Gasteiger charge is 2.21. The molecule has 5 N–H and O–H groups in total. The highest BCUT2D eigenvalue weighted by molar-refractivity contribution is 6.40. The Morgan fingerprint density at radius 1 is 1.06 bits per heavy atom. The standard InChI is InChI=1S/C23H22Cl2FN5O3/c24-15-5-3-6-16(25)19(15)22(33)29-12-18(31-21(32)14-4-1-2-7-17(14)26)20(27)23(34)30-13-8-10-28-11-9-13/h1-7,12-13,28H,8-11,27H2,(H,30,34)(H,31,32)/b20-18+,29-12?. The molecule has 0 aromatic heterocycles. The van der Waals surface area contributed by atoms with Crippen molar-refractivity contribution in [1.82, 2.24) is 16.0 Å². The van der Waals surface area contributed by atoms with Gasteiger partial charge in [-0.25, -0.2) is 9.38 Å². The lowest BCUT2D eigenvalue weighted by atomic mass is 10.1. The predicted molar refractivity (Wildman–Crippen MR) is 128 cm³/mol. The van der Waals surface area contributed by atoms with E-state index in [1.807, 2.05) is 0 Å². The molecule has 0 unspecified atom stereocenters. The first-order chi connectivity index (χ1) is 16.3. The molecule has 178 valence electrons. The van der Waals surface area contributed by atoms with Crippen LogP contribution in [0.4, 0.5) is 4.39 Å². The quantitative estimate of drug-likeness (QED) is 0.354. The fraction of sp³-hybridized carbons (Fsp3) is 0.217. The minimum atomic E-state index is -0.875. The van der Waals surface area contributed by atoms with Crippen LogP contribution < -0.4 is 21.7 Å². The molecule has 8 nitrogen and oxygen atoms in total. The molecule has 0 atom stereocenters. The Balaban J connectivity index is 1.90. The lowest BCUT2D eigenvalue weighted by molar-refractivity contribution is -0.118. The molecule has 1 saturated heterocycles. The van der Waals surface area contributed by atoms with Gasteiger partial charge in [0, 0.05) is 6.04 Å². The van der Waals surface area contributed by atoms with Crippen molar-refractivity contribution in [3.8, 4) is 0 Å². The highest BCUT2D eigenvalue weighted by Crippen LogP contribution is 2.25. The number of nitrogens with one attached hydrogen (secondary N) is 3. The molecule has 1 fully saturated rings. The van der Waals surface area contributed by atoms with E-state index in [2.05, 4.69) is 20.9 Å². The fourth-order valence-electron chi connectivity index (χ4n) is 3.25. The zero-order chi connectivity index (χ0) is 24.7. The SMILES string of the molecule is N/C(C(=O)NC1CCNCC1)=C(\C=NC(=O)c1c(Cl)cccc1Cl)NC(=O)c1ccccc1F. The maximum atomic E-state index is 14.1. The topological polar surface area (TPSA) is 126 Å². The molecule has 11 heteroatoms. The van der Waals surface area contributed by atoms with E-state index < -0.39 is 29.2 Å². The average Bonchev–Trinajstić information content (AvgIpc) is 2.82. The molecule has 34 heavy (non-hydrogen) atoms. The summed E-state index contributed by atoms with van der Waals surface area (Å²) in [7, 11) is 0. The second kappa shape index (κ2) is 11.7. The summed E-state index contributed by atoms with van der Waals surface area (Å²) in [5.41, 5.74) is 5.00. The van der Waals surface area contributed by atoms with Crippen molar-refractivity contribution in [2.24, 2.45) is 10.7 Å². The fourth-order valence-corrected chi connectivity index (χ4v) is 3.80. The largest absolute Gasteiger partial charge is 0.393 e. The monoisotopic (exact) mass is 505 g/mol. The van der Waals surface area contributed by atoms with Gasteiger partial charge in [-0.05, 0) is 50.2 Å². The summed E-state index contributed by atoms with van der Waals surface area (Å²) in [6, 6.07) is 9.66. The van der Waals surface area contributed by atoms with E-state index in [9.17, 15) is 18.8 Å². The minimum Gasteiger partial charge on any atom is -0.393 e. The number of aliphatic imine (C=N–C) groups is 1. The third-order valence-electron chi connectivity index (χ3n) is 5.06. The van der Waals surface area contributed by atoms with Gasteiger partial charge < -0.3 is 21.7 Å². The summed E-state index contributed by atoms with van der Waals surface area (Å²) >= 11 is 12.1. The summed E-state index contributed by atoms with van der Waals surface area (Å²) < 4.78 is 14.1. The smallest absolute Gasteiger partial charge is 0.280 e. The first-order valence-corrected chi connectivity index (χ1v) is 11.1. The van der Waals surface area contributed by atoms with Crippen LogP contribution in [-0.4, -0.2) is 43.1 Å². The summed E-state index contributed by atoms with van der Waals surface area (Å²) in [6.07, 6.45) is 2.32. The molecule has 2 aromatic rings. The van der Waals surface area contributed by atoms with E-state index >= 15 is 0 Å². The van der Waals surface area contributed by atoms with Crippen molar-refractivity contribution < 1.29 is 18.8 Å². The molecule has 0 aliphatic carbocycles. The van der Waals surface area contributed by atoms with E-state index in [1.165, 1.54) is 30.3 Å². The van der Waals surface area contributed by atoms with Crippen LogP contribution in [0.15, 0.2) is 58.9 Å². The Kier molecular flexibility index (Phi) is 8.75. The van der Waals surface area contributed by atoms with Crippen LogP contribution >= 0.6 is 23.2 Å². The molecule has 3 amide bonds. The van der Waals surface area contributed by atoms with Crippen LogP contribution in [-0.2, 0) is 4.79 Å². The van der Waals surface area contributed by atoms with Gasteiger partial charge >= 0.3 is 0 Å². The van der Waals surface area contributed by atoms with Gasteiger partial charge in [0.2, 0.25) is 0 Å². The Bertz CT molecular complexity index is 1140. The molecule has 2 aromatic carbocycles. The van der Waals surface area contributed by atoms with E-state index in [4.69, 9.17) is 28.9 Å². The molecular weight excluding hydrogens is 484 g/mol. The normalized spacial score (nSPS) is 15.0. The van der Waals surface area contributed by atoms with E-state index in [-0.39, 0.29) is 32.9 Å². The van der Waals surface area contributed by atoms with E-state index in [1.54, 1.807) is 6.07 Å². The molecule has 1 aliphatic rings. The molecule has 0 saturated carbocycles. The van der Waals surface area contributed by atoms with E-state index in [0.29, 0.717) is 12.8 Å². The molecule has 0 bridgehead atoms. The first-order valence-electron chi connectivity index (χ1n) is 10.4. The summed E-state index contributed by atoms with van der Waals surface area (Å²) in [5.74, 6) is -3.13. The number of rotatable bonds is 6. The number of nitrogens with zero attached hydrogens (tertiary/aromatic N) is 1. The van der Waals surface area contributed by atoms with Gasteiger partial charge in [-0.2, -0.15) is 0 Å². The number of hydrogen-bond acceptors (Lipinski definition) is 5. The van der Waals surface area contributed by atoms with Crippen LogP contribution in [0.1, 0.15) is 33.6 Å². The van der Waals surface area contributed by atoms with Crippen molar-refractivity contribution in [2.75, 3.05) is 13.1 Å². The number of allylic oxidation sites excluding steroid dienone is 1. The van der Waals surface area contributed by atoms with Gasteiger partial charge in [-0.1, -0.05) is 41.4 Å². The maximum absolute atomic E-state index is 14.1. The molecule has 0 radical (unpaired) electrons. The van der Waals surface area contributed by atoms with Crippen LogP contribution in [0.3, 0.4) is 0 Å². The number of benzene rings is 2. The molecule has 3 rings (SSSR count). The van der Waals surface area contributed by atoms with Gasteiger partial charge in [0.1, 0.15) is 11.5 Å². The number of amides is 3. The Morgan fingerprint density at radius 2 is 1.71 bits per heavy atom. The van der Waals surface area contributed by atoms with Crippen LogP contribution in [0, 0.1) is 5.82 Å². The lowest BCUT2D eigenvalue weighted by Crippen LogP contribution is -2.45. The first kappa shape index (κ1) is 25.4. The Labute approximate surface area is 205 Å². The summed E-state index contributed by atoms with van der Waals surface area (Å²) in [5, 5.41) is 8.48. The van der Waals surface area contributed by atoms with Crippen LogP contribution in [0.5, 0.6) is 0 Å². The number of carbonyl (C=O) groups is 3. The zero-order valence-electron chi connectivity index (χ0n) is 17.9.